The van der Waals surface area contributed by atoms with Crippen LogP contribution in [0.25, 0.3) is 0 Å². The van der Waals surface area contributed by atoms with Crippen LogP contribution in [0.4, 0.5) is 39.5 Å². The molecular formula is C27H33F9N4O10. The van der Waals surface area contributed by atoms with Crippen LogP contribution in [0, 0.1) is 17.5 Å². The topological polar surface area (TPSA) is 226 Å². The van der Waals surface area contributed by atoms with Crippen molar-refractivity contribution in [3.05, 3.63) is 35.1 Å². The molecule has 0 spiro atoms. The quantitative estimate of drug-likeness (QED) is 0.115. The molecule has 0 aromatic heterocycles. The Morgan fingerprint density at radius 1 is 0.920 bits per heavy atom. The number of alkyl halides is 6. The minimum atomic E-state index is -5.08. The van der Waals surface area contributed by atoms with Crippen LogP contribution >= 0.6 is 0 Å². The van der Waals surface area contributed by atoms with Crippen LogP contribution in [0.1, 0.15) is 39.2 Å². The number of carboxylic acids is 3. The van der Waals surface area contributed by atoms with Gasteiger partial charge in [0.15, 0.2) is 11.6 Å². The number of carbonyl (C=O) groups excluding carboxylic acids is 3. The molecular weight excluding hydrogens is 711 g/mol. The normalized spacial score (nSPS) is 17.2. The van der Waals surface area contributed by atoms with Crippen molar-refractivity contribution in [1.29, 1.82) is 0 Å². The van der Waals surface area contributed by atoms with Gasteiger partial charge in [0.2, 0.25) is 11.8 Å². The molecule has 1 aliphatic heterocycles. The van der Waals surface area contributed by atoms with Crippen LogP contribution < -0.4 is 16.4 Å². The lowest BCUT2D eigenvalue weighted by Crippen LogP contribution is -2.57. The van der Waals surface area contributed by atoms with Gasteiger partial charge in [0.05, 0.1) is 13.2 Å². The van der Waals surface area contributed by atoms with Crippen molar-refractivity contribution < 1.29 is 88.3 Å². The molecule has 1 aromatic carbocycles. The number of carbonyl (C=O) groups is 6. The number of hydrogen-bond acceptors (Lipinski definition) is 9. The second kappa shape index (κ2) is 18.4. The van der Waals surface area contributed by atoms with Gasteiger partial charge in [0, 0.05) is 37.5 Å². The Bertz CT molecular complexity index is 1380. The third-order valence-corrected chi connectivity index (χ3v) is 6.38. The van der Waals surface area contributed by atoms with Gasteiger partial charge in [-0.25, -0.2) is 27.6 Å². The van der Waals surface area contributed by atoms with Gasteiger partial charge in [-0.05, 0) is 38.8 Å². The molecule has 1 fully saturated rings. The number of halogens is 9. The standard InChI is InChI=1S/C23H31F3N4O6.2C2HF3O2/c1-11(29-23(2,3)22(35)36-4)20(32)30-10-14(8-18(30)21(33)34)28-19(31)7-13(27)5-12-6-16(25)17(26)9-15(12)24;2*3-2(4,5)1(6)7/h6,9,11,13-14,18,29H,5,7-8,10,27H2,1-4H3,(H,28,31)(H,33,34);2*(H,6,7)/t11-,13+,14-,18-;;/m0../s1. The zero-order valence-corrected chi connectivity index (χ0v) is 26.4. The first kappa shape index (κ1) is 45.3. The van der Waals surface area contributed by atoms with Crippen molar-refractivity contribution in [2.45, 2.75) is 82.1 Å². The highest BCUT2D eigenvalue weighted by Crippen LogP contribution is 2.21. The second-order valence-electron chi connectivity index (χ2n) is 11.0. The number of aliphatic carboxylic acids is 3. The average molecular weight is 745 g/mol. The Morgan fingerprint density at radius 3 is 1.80 bits per heavy atom. The SMILES string of the molecule is COC(=O)C(C)(C)N[C@@H](C)C(=O)N1C[C@@H](NC(=O)C[C@H](N)Cc2cc(F)c(F)cc2F)C[C@H]1C(=O)O.O=C(O)C(F)(F)F.O=C(O)C(F)(F)F. The molecule has 50 heavy (non-hydrogen) atoms. The highest BCUT2D eigenvalue weighted by atomic mass is 19.4. The summed E-state index contributed by atoms with van der Waals surface area (Å²) in [6, 6.07) is -2.69. The van der Waals surface area contributed by atoms with Crippen molar-refractivity contribution in [2.75, 3.05) is 13.7 Å². The molecule has 7 N–H and O–H groups in total. The predicted octanol–water partition coefficient (Wildman–Crippen LogP) is 1.73. The van der Waals surface area contributed by atoms with Crippen LogP contribution in [-0.2, 0) is 39.9 Å². The van der Waals surface area contributed by atoms with E-state index in [4.69, 9.17) is 30.3 Å². The maximum atomic E-state index is 13.8. The fraction of sp³-hybridized carbons (Fsp3) is 0.556. The smallest absolute Gasteiger partial charge is 0.480 e. The maximum absolute atomic E-state index is 13.8. The minimum absolute atomic E-state index is 0.0625. The number of nitrogens with one attached hydrogen (secondary N) is 2. The van der Waals surface area contributed by atoms with Crippen LogP contribution in [0.5, 0.6) is 0 Å². The first-order valence-corrected chi connectivity index (χ1v) is 13.7. The predicted molar refractivity (Wildman–Crippen MR) is 148 cm³/mol. The van der Waals surface area contributed by atoms with E-state index in [9.17, 15) is 63.8 Å². The van der Waals surface area contributed by atoms with Gasteiger partial charge in [-0.3, -0.25) is 19.7 Å². The largest absolute Gasteiger partial charge is 0.490 e. The summed E-state index contributed by atoms with van der Waals surface area (Å²) in [4.78, 5) is 68.0. The molecule has 1 heterocycles. The highest BCUT2D eigenvalue weighted by Gasteiger charge is 2.43. The van der Waals surface area contributed by atoms with E-state index in [-0.39, 0.29) is 31.4 Å². The van der Waals surface area contributed by atoms with Gasteiger partial charge in [-0.2, -0.15) is 26.3 Å². The van der Waals surface area contributed by atoms with E-state index in [0.29, 0.717) is 12.1 Å². The molecule has 1 aromatic rings. The molecule has 1 saturated heterocycles. The van der Waals surface area contributed by atoms with Crippen LogP contribution in [-0.4, -0.2) is 112 Å². The Hall–Kier alpha value is -4.67. The molecule has 0 unspecified atom stereocenters. The monoisotopic (exact) mass is 744 g/mol. The van der Waals surface area contributed by atoms with Gasteiger partial charge < -0.3 is 36.0 Å². The van der Waals surface area contributed by atoms with E-state index in [2.05, 4.69) is 10.6 Å². The second-order valence-corrected chi connectivity index (χ2v) is 11.0. The summed E-state index contributed by atoms with van der Waals surface area (Å²) >= 11 is 0. The fourth-order valence-electron chi connectivity index (χ4n) is 4.18. The molecule has 2 amide bonds. The molecule has 0 saturated carbocycles. The third kappa shape index (κ3) is 14.8. The van der Waals surface area contributed by atoms with E-state index >= 15 is 0 Å². The van der Waals surface area contributed by atoms with E-state index in [1.165, 1.54) is 27.9 Å². The Kier molecular flexibility index (Phi) is 16.6. The van der Waals surface area contributed by atoms with E-state index in [0.717, 1.165) is 4.90 Å². The van der Waals surface area contributed by atoms with Crippen molar-refractivity contribution in [2.24, 2.45) is 5.73 Å². The number of methoxy groups -OCH3 is 1. The molecule has 0 bridgehead atoms. The number of rotatable bonds is 10. The maximum Gasteiger partial charge on any atom is 0.490 e. The zero-order chi connectivity index (χ0) is 39.5. The Balaban J connectivity index is 0.00000143. The van der Waals surface area contributed by atoms with Crippen molar-refractivity contribution in [3.8, 4) is 0 Å². The van der Waals surface area contributed by atoms with Crippen molar-refractivity contribution in [3.63, 3.8) is 0 Å². The summed E-state index contributed by atoms with van der Waals surface area (Å²) in [6.07, 6.45) is -10.8. The fourth-order valence-corrected chi connectivity index (χ4v) is 4.18. The first-order chi connectivity index (χ1) is 22.5. The molecule has 0 aliphatic carbocycles. The van der Waals surface area contributed by atoms with Gasteiger partial charge in [-0.15, -0.1) is 0 Å². The van der Waals surface area contributed by atoms with E-state index < -0.39 is 95.2 Å². The Morgan fingerprint density at radius 2 is 1.38 bits per heavy atom. The molecule has 284 valence electrons. The summed E-state index contributed by atoms with van der Waals surface area (Å²) in [5, 5.41) is 29.3. The number of carboxylic acid groups (broad SMARTS) is 3. The number of nitrogens with two attached hydrogens (primary N) is 1. The molecule has 0 radical (unpaired) electrons. The zero-order valence-electron chi connectivity index (χ0n) is 26.4. The molecule has 2 rings (SSSR count). The van der Waals surface area contributed by atoms with E-state index in [1.807, 2.05) is 0 Å². The number of amides is 2. The lowest BCUT2D eigenvalue weighted by Gasteiger charge is -2.30. The summed E-state index contributed by atoms with van der Waals surface area (Å²) in [5.41, 5.74) is 4.48. The summed E-state index contributed by atoms with van der Waals surface area (Å²) in [5.74, 6) is -12.1. The molecule has 23 heteroatoms. The van der Waals surface area contributed by atoms with Crippen molar-refractivity contribution in [1.82, 2.24) is 15.5 Å². The van der Waals surface area contributed by atoms with Crippen LogP contribution in [0.3, 0.4) is 0 Å². The van der Waals surface area contributed by atoms with E-state index in [1.54, 1.807) is 0 Å². The summed E-state index contributed by atoms with van der Waals surface area (Å²) in [6.45, 7) is 4.41. The third-order valence-electron chi connectivity index (χ3n) is 6.38. The first-order valence-electron chi connectivity index (χ1n) is 13.7. The lowest BCUT2D eigenvalue weighted by molar-refractivity contribution is -0.193. The van der Waals surface area contributed by atoms with Gasteiger partial charge >= 0.3 is 36.2 Å². The minimum Gasteiger partial charge on any atom is -0.480 e. The number of benzene rings is 1. The molecule has 4 atom stereocenters. The van der Waals surface area contributed by atoms with Crippen LogP contribution in [0.2, 0.25) is 0 Å². The molecule has 14 nitrogen and oxygen atoms in total. The number of hydrogen-bond donors (Lipinski definition) is 6. The van der Waals surface area contributed by atoms with Gasteiger partial charge in [-0.1, -0.05) is 0 Å². The summed E-state index contributed by atoms with van der Waals surface area (Å²) < 4.78 is 108. The van der Waals surface area contributed by atoms with Crippen LogP contribution in [0.15, 0.2) is 12.1 Å². The lowest BCUT2D eigenvalue weighted by atomic mass is 10.0. The number of likely N-dealkylation sites (tertiary alicyclic amines) is 1. The number of nitrogens with zero attached hydrogens (tertiary/aromatic N) is 1. The molecule has 1 aliphatic rings. The Labute approximate surface area is 276 Å². The van der Waals surface area contributed by atoms with Gasteiger partial charge in [0.1, 0.15) is 17.4 Å². The highest BCUT2D eigenvalue weighted by molar-refractivity contribution is 5.89. The van der Waals surface area contributed by atoms with Crippen molar-refractivity contribution >= 4 is 35.7 Å². The number of ether oxygens (including phenoxy) is 1. The average Bonchev–Trinajstić information content (AvgIpc) is 3.38. The van der Waals surface area contributed by atoms with Gasteiger partial charge in [0.25, 0.3) is 0 Å². The summed E-state index contributed by atoms with van der Waals surface area (Å²) in [7, 11) is 1.20. The number of esters is 1.